The molecule has 0 saturated carbocycles. The lowest BCUT2D eigenvalue weighted by Crippen LogP contribution is -2.51. The molecule has 0 radical (unpaired) electrons. The standard InChI is InChI=1S/C28H27F2N3O4S/c1-28(2,3)37-27(35)33-11-9-32(10-12-33)26(34)24-15-20(17-5-6-19(16-31)21(29)13-17)25(38-24)18-7-8-23(36-4)22(30)14-18/h5-8,13-15H,9-12H2,1-4H3. The Morgan fingerprint density at radius 2 is 1.58 bits per heavy atom. The number of piperazine rings is 1. The Kier molecular flexibility index (Phi) is 7.69. The molecular weight excluding hydrogens is 512 g/mol. The molecule has 1 aromatic heterocycles. The number of halogens is 2. The maximum atomic E-state index is 14.6. The van der Waals surface area contributed by atoms with E-state index in [9.17, 15) is 18.4 Å². The van der Waals surface area contributed by atoms with Crippen LogP contribution in [0.15, 0.2) is 42.5 Å². The van der Waals surface area contributed by atoms with Crippen LogP contribution in [0.3, 0.4) is 0 Å². The highest BCUT2D eigenvalue weighted by Crippen LogP contribution is 2.41. The number of thiophene rings is 1. The van der Waals surface area contributed by atoms with Gasteiger partial charge < -0.3 is 19.3 Å². The molecule has 2 amide bonds. The Bertz CT molecular complexity index is 1420. The number of carbonyl (C=O) groups is 2. The van der Waals surface area contributed by atoms with Crippen LogP contribution in [0.5, 0.6) is 5.75 Å². The Morgan fingerprint density at radius 1 is 0.947 bits per heavy atom. The number of methoxy groups -OCH3 is 1. The predicted molar refractivity (Wildman–Crippen MR) is 140 cm³/mol. The van der Waals surface area contributed by atoms with Crippen LogP contribution in [0.2, 0.25) is 0 Å². The van der Waals surface area contributed by atoms with E-state index < -0.39 is 23.3 Å². The van der Waals surface area contributed by atoms with Crippen LogP contribution in [0.1, 0.15) is 36.0 Å². The molecule has 0 bridgehead atoms. The van der Waals surface area contributed by atoms with Crippen LogP contribution in [0.25, 0.3) is 21.6 Å². The summed E-state index contributed by atoms with van der Waals surface area (Å²) in [6, 6.07) is 12.1. The highest BCUT2D eigenvalue weighted by Gasteiger charge is 2.29. The molecule has 10 heteroatoms. The van der Waals surface area contributed by atoms with Crippen LogP contribution in [0, 0.1) is 23.0 Å². The summed E-state index contributed by atoms with van der Waals surface area (Å²) in [5, 5.41) is 9.10. The normalized spacial score (nSPS) is 13.7. The lowest BCUT2D eigenvalue weighted by atomic mass is 10.0. The molecule has 0 atom stereocenters. The lowest BCUT2D eigenvalue weighted by molar-refractivity contribution is 0.0141. The number of ether oxygens (including phenoxy) is 2. The number of amides is 2. The van der Waals surface area contributed by atoms with E-state index >= 15 is 0 Å². The van der Waals surface area contributed by atoms with Crippen molar-refractivity contribution in [3.8, 4) is 33.4 Å². The fourth-order valence-corrected chi connectivity index (χ4v) is 5.23. The number of hydrogen-bond acceptors (Lipinski definition) is 6. The number of carbonyl (C=O) groups excluding carboxylic acids is 2. The quantitative estimate of drug-likeness (QED) is 0.410. The van der Waals surface area contributed by atoms with Crippen molar-refractivity contribution in [2.24, 2.45) is 0 Å². The van der Waals surface area contributed by atoms with Crippen molar-refractivity contribution in [3.63, 3.8) is 0 Å². The molecule has 2 aromatic carbocycles. The maximum absolute atomic E-state index is 14.6. The van der Waals surface area contributed by atoms with Gasteiger partial charge in [0.1, 0.15) is 17.5 Å². The van der Waals surface area contributed by atoms with Crippen molar-refractivity contribution < 1.29 is 27.8 Å². The fraction of sp³-hybridized carbons (Fsp3) is 0.321. The molecule has 3 aromatic rings. The smallest absolute Gasteiger partial charge is 0.410 e. The van der Waals surface area contributed by atoms with Gasteiger partial charge in [-0.15, -0.1) is 11.3 Å². The molecule has 0 spiro atoms. The zero-order chi connectivity index (χ0) is 27.6. The second-order valence-corrected chi connectivity index (χ2v) is 10.8. The molecule has 198 valence electrons. The van der Waals surface area contributed by atoms with Crippen LogP contribution in [-0.2, 0) is 4.74 Å². The van der Waals surface area contributed by atoms with E-state index in [0.29, 0.717) is 52.6 Å². The first-order valence-electron chi connectivity index (χ1n) is 12.0. The number of nitrogens with zero attached hydrogens (tertiary/aromatic N) is 3. The van der Waals surface area contributed by atoms with E-state index in [1.165, 1.54) is 42.7 Å². The van der Waals surface area contributed by atoms with Crippen LogP contribution >= 0.6 is 11.3 Å². The van der Waals surface area contributed by atoms with E-state index in [2.05, 4.69) is 0 Å². The zero-order valence-corrected chi connectivity index (χ0v) is 22.3. The number of rotatable bonds is 4. The van der Waals surface area contributed by atoms with Gasteiger partial charge in [-0.25, -0.2) is 13.6 Å². The van der Waals surface area contributed by atoms with Gasteiger partial charge in [-0.05, 0) is 68.3 Å². The molecule has 1 saturated heterocycles. The van der Waals surface area contributed by atoms with Crippen molar-refractivity contribution in [1.29, 1.82) is 5.26 Å². The Morgan fingerprint density at radius 3 is 2.16 bits per heavy atom. The first kappa shape index (κ1) is 27.1. The second-order valence-electron chi connectivity index (χ2n) is 9.77. The summed E-state index contributed by atoms with van der Waals surface area (Å²) in [5.74, 6) is -1.42. The first-order chi connectivity index (χ1) is 18.0. The van der Waals surface area contributed by atoms with Crippen molar-refractivity contribution >= 4 is 23.3 Å². The van der Waals surface area contributed by atoms with E-state index in [-0.39, 0.29) is 17.2 Å². The predicted octanol–water partition coefficient (Wildman–Crippen LogP) is 5.93. The highest BCUT2D eigenvalue weighted by molar-refractivity contribution is 7.18. The molecular formula is C28H27F2N3O4S. The Hall–Kier alpha value is -3.97. The monoisotopic (exact) mass is 539 g/mol. The Balaban J connectivity index is 1.64. The van der Waals surface area contributed by atoms with Crippen molar-refractivity contribution in [3.05, 3.63) is 64.5 Å². The van der Waals surface area contributed by atoms with Gasteiger partial charge in [0.2, 0.25) is 0 Å². The van der Waals surface area contributed by atoms with E-state index in [0.717, 1.165) is 0 Å². The third kappa shape index (κ3) is 5.78. The van der Waals surface area contributed by atoms with Gasteiger partial charge in [-0.3, -0.25) is 4.79 Å². The zero-order valence-electron chi connectivity index (χ0n) is 21.5. The van der Waals surface area contributed by atoms with Gasteiger partial charge in [-0.2, -0.15) is 5.26 Å². The van der Waals surface area contributed by atoms with Crippen LogP contribution in [0.4, 0.5) is 13.6 Å². The van der Waals surface area contributed by atoms with Gasteiger partial charge >= 0.3 is 6.09 Å². The summed E-state index contributed by atoms with van der Waals surface area (Å²) in [4.78, 5) is 30.0. The van der Waals surface area contributed by atoms with Crippen molar-refractivity contribution in [1.82, 2.24) is 9.80 Å². The minimum absolute atomic E-state index is 0.0791. The molecule has 0 aliphatic carbocycles. The van der Waals surface area contributed by atoms with Gasteiger partial charge in [0.25, 0.3) is 5.91 Å². The van der Waals surface area contributed by atoms with Crippen molar-refractivity contribution in [2.45, 2.75) is 26.4 Å². The minimum Gasteiger partial charge on any atom is -0.494 e. The molecule has 1 aliphatic heterocycles. The largest absolute Gasteiger partial charge is 0.494 e. The van der Waals surface area contributed by atoms with Crippen LogP contribution < -0.4 is 4.74 Å². The third-order valence-corrected chi connectivity index (χ3v) is 7.15. The summed E-state index contributed by atoms with van der Waals surface area (Å²) in [5.41, 5.74) is 0.790. The topological polar surface area (TPSA) is 82.9 Å². The fourth-order valence-electron chi connectivity index (χ4n) is 4.08. The van der Waals surface area contributed by atoms with Gasteiger partial charge in [-0.1, -0.05) is 6.07 Å². The van der Waals surface area contributed by atoms with Gasteiger partial charge in [0.15, 0.2) is 11.6 Å². The van der Waals surface area contributed by atoms with E-state index in [1.807, 2.05) is 0 Å². The summed E-state index contributed by atoms with van der Waals surface area (Å²) in [7, 11) is 1.37. The average molecular weight is 540 g/mol. The van der Waals surface area contributed by atoms with E-state index in [4.69, 9.17) is 14.7 Å². The maximum Gasteiger partial charge on any atom is 0.410 e. The number of hydrogen-bond donors (Lipinski definition) is 0. The van der Waals surface area contributed by atoms with Gasteiger partial charge in [0, 0.05) is 36.6 Å². The van der Waals surface area contributed by atoms with Crippen molar-refractivity contribution in [2.75, 3.05) is 33.3 Å². The highest BCUT2D eigenvalue weighted by atomic mass is 32.1. The molecule has 38 heavy (non-hydrogen) atoms. The summed E-state index contributed by atoms with van der Waals surface area (Å²) in [6.45, 7) is 6.69. The molecule has 4 rings (SSSR count). The average Bonchev–Trinajstić information content (AvgIpc) is 3.33. The molecule has 1 fully saturated rings. The SMILES string of the molecule is COc1ccc(-c2sc(C(=O)N3CCN(C(=O)OC(C)(C)C)CC3)cc2-c2ccc(C#N)c(F)c2)cc1F. The molecule has 0 N–H and O–H groups in total. The summed E-state index contributed by atoms with van der Waals surface area (Å²) < 4.78 is 39.5. The third-order valence-electron chi connectivity index (χ3n) is 5.98. The molecule has 0 unspecified atom stereocenters. The van der Waals surface area contributed by atoms with E-state index in [1.54, 1.807) is 54.8 Å². The Labute approximate surface area is 223 Å². The minimum atomic E-state index is -0.686. The first-order valence-corrected chi connectivity index (χ1v) is 12.8. The molecule has 7 nitrogen and oxygen atoms in total. The van der Waals surface area contributed by atoms with Gasteiger partial charge in [0.05, 0.1) is 17.6 Å². The molecule has 1 aliphatic rings. The summed E-state index contributed by atoms with van der Waals surface area (Å²) in [6.07, 6.45) is -0.422. The number of nitriles is 1. The molecule has 2 heterocycles. The van der Waals surface area contributed by atoms with Crippen LogP contribution in [-0.4, -0.2) is 60.7 Å². The lowest BCUT2D eigenvalue weighted by Gasteiger charge is -2.35. The number of benzene rings is 2. The summed E-state index contributed by atoms with van der Waals surface area (Å²) >= 11 is 1.17. The second kappa shape index (κ2) is 10.8.